The van der Waals surface area contributed by atoms with E-state index in [1.165, 1.54) is 25.7 Å². The van der Waals surface area contributed by atoms with Gasteiger partial charge >= 0.3 is 12.0 Å². The van der Waals surface area contributed by atoms with E-state index in [9.17, 15) is 9.59 Å². The van der Waals surface area contributed by atoms with Crippen molar-refractivity contribution in [3.05, 3.63) is 0 Å². The number of carbonyl (C=O) groups excluding carboxylic acids is 1. The highest BCUT2D eigenvalue weighted by molar-refractivity contribution is 5.74. The molecule has 2 aliphatic rings. The summed E-state index contributed by atoms with van der Waals surface area (Å²) in [6.07, 6.45) is 9.32. The van der Waals surface area contributed by atoms with E-state index in [-0.39, 0.29) is 12.5 Å². The van der Waals surface area contributed by atoms with Crippen LogP contribution in [0.2, 0.25) is 0 Å². The Balaban J connectivity index is 1.57. The van der Waals surface area contributed by atoms with Crippen molar-refractivity contribution in [1.82, 2.24) is 10.2 Å². The molecule has 5 heteroatoms. The first kappa shape index (κ1) is 16.1. The molecule has 5 nitrogen and oxygen atoms in total. The fraction of sp³-hybridized carbons (Fsp3) is 0.875. The third kappa shape index (κ3) is 5.56. The van der Waals surface area contributed by atoms with Crippen molar-refractivity contribution < 1.29 is 14.7 Å². The van der Waals surface area contributed by atoms with Gasteiger partial charge in [-0.15, -0.1) is 0 Å². The number of nitrogens with zero attached hydrogens (tertiary/aromatic N) is 1. The van der Waals surface area contributed by atoms with Gasteiger partial charge in [-0.2, -0.15) is 0 Å². The van der Waals surface area contributed by atoms with Crippen LogP contribution in [-0.2, 0) is 4.79 Å². The number of carboxylic acids is 1. The first-order chi connectivity index (χ1) is 10.1. The third-order valence-electron chi connectivity index (χ3n) is 4.97. The summed E-state index contributed by atoms with van der Waals surface area (Å²) in [6, 6.07) is 0.0599. The summed E-state index contributed by atoms with van der Waals surface area (Å²) in [5, 5.41) is 11.7. The van der Waals surface area contributed by atoms with E-state index >= 15 is 0 Å². The number of carbonyl (C=O) groups is 2. The molecule has 0 unspecified atom stereocenters. The van der Waals surface area contributed by atoms with Crippen LogP contribution in [0.1, 0.15) is 57.8 Å². The largest absolute Gasteiger partial charge is 0.481 e. The van der Waals surface area contributed by atoms with Crippen molar-refractivity contribution in [2.24, 2.45) is 11.8 Å². The number of hydrogen-bond donors (Lipinski definition) is 2. The Morgan fingerprint density at radius 2 is 1.62 bits per heavy atom. The molecule has 0 spiro atoms. The summed E-state index contributed by atoms with van der Waals surface area (Å²) in [7, 11) is 0. The molecule has 0 radical (unpaired) electrons. The quantitative estimate of drug-likeness (QED) is 0.792. The molecule has 1 aliphatic heterocycles. The Kier molecular flexibility index (Phi) is 6.33. The Hall–Kier alpha value is -1.26. The number of urea groups is 1. The normalized spacial score (nSPS) is 20.7. The van der Waals surface area contributed by atoms with Crippen LogP contribution in [0.25, 0.3) is 0 Å². The van der Waals surface area contributed by atoms with Crippen LogP contribution in [0.4, 0.5) is 4.79 Å². The number of likely N-dealkylation sites (tertiary alicyclic amines) is 1. The molecule has 2 N–H and O–H groups in total. The van der Waals surface area contributed by atoms with Gasteiger partial charge < -0.3 is 15.3 Å². The Bertz CT molecular complexity index is 345. The summed E-state index contributed by atoms with van der Waals surface area (Å²) in [6.45, 7) is 2.32. The molecule has 0 atom stereocenters. The number of rotatable bonds is 6. The highest BCUT2D eigenvalue weighted by Crippen LogP contribution is 2.27. The fourth-order valence-corrected chi connectivity index (χ4v) is 3.55. The molecule has 1 saturated carbocycles. The number of nitrogens with one attached hydrogen (secondary N) is 1. The van der Waals surface area contributed by atoms with Crippen molar-refractivity contribution in [3.8, 4) is 0 Å². The monoisotopic (exact) mass is 296 g/mol. The number of carboxylic acid groups (broad SMARTS) is 1. The summed E-state index contributed by atoms with van der Waals surface area (Å²) in [5.41, 5.74) is 0. The standard InChI is InChI=1S/C16H28N2O3/c19-15(20)6-5-14-8-11-18(12-9-14)16(21)17-10-7-13-3-1-2-4-13/h13-14H,1-12H2,(H,17,21)(H,19,20). The van der Waals surface area contributed by atoms with E-state index in [4.69, 9.17) is 5.11 Å². The molecule has 2 amide bonds. The van der Waals surface area contributed by atoms with E-state index in [2.05, 4.69) is 5.32 Å². The van der Waals surface area contributed by atoms with Gasteiger partial charge in [-0.3, -0.25) is 4.79 Å². The van der Waals surface area contributed by atoms with Gasteiger partial charge in [0.1, 0.15) is 0 Å². The van der Waals surface area contributed by atoms with Crippen molar-refractivity contribution >= 4 is 12.0 Å². The Labute approximate surface area is 127 Å². The first-order valence-electron chi connectivity index (χ1n) is 8.39. The maximum Gasteiger partial charge on any atom is 0.317 e. The number of aliphatic carboxylic acids is 1. The van der Waals surface area contributed by atoms with Crippen LogP contribution < -0.4 is 5.32 Å². The van der Waals surface area contributed by atoms with Crippen molar-refractivity contribution in [2.45, 2.75) is 57.8 Å². The maximum atomic E-state index is 12.1. The van der Waals surface area contributed by atoms with Crippen molar-refractivity contribution in [1.29, 1.82) is 0 Å². The molecule has 0 aromatic carbocycles. The molecule has 2 fully saturated rings. The summed E-state index contributed by atoms with van der Waals surface area (Å²) < 4.78 is 0. The maximum absolute atomic E-state index is 12.1. The number of hydrogen-bond acceptors (Lipinski definition) is 2. The van der Waals surface area contributed by atoms with Gasteiger partial charge in [-0.05, 0) is 37.5 Å². The predicted octanol–water partition coefficient (Wildman–Crippen LogP) is 2.85. The molecule has 1 heterocycles. The second-order valence-electron chi connectivity index (χ2n) is 6.53. The molecule has 0 aromatic heterocycles. The Morgan fingerprint density at radius 3 is 2.24 bits per heavy atom. The van der Waals surface area contributed by atoms with E-state index in [1.807, 2.05) is 4.90 Å². The molecule has 120 valence electrons. The van der Waals surface area contributed by atoms with Crippen LogP contribution >= 0.6 is 0 Å². The lowest BCUT2D eigenvalue weighted by atomic mass is 9.92. The lowest BCUT2D eigenvalue weighted by Gasteiger charge is -2.32. The van der Waals surface area contributed by atoms with Gasteiger partial charge in [-0.25, -0.2) is 4.79 Å². The van der Waals surface area contributed by atoms with Gasteiger partial charge in [0.2, 0.25) is 0 Å². The van der Waals surface area contributed by atoms with E-state index in [0.717, 1.165) is 51.2 Å². The average Bonchev–Trinajstić information content (AvgIpc) is 2.99. The molecular formula is C16H28N2O3. The van der Waals surface area contributed by atoms with Crippen LogP contribution in [0.5, 0.6) is 0 Å². The summed E-state index contributed by atoms with van der Waals surface area (Å²) in [5.74, 6) is 0.553. The summed E-state index contributed by atoms with van der Waals surface area (Å²) in [4.78, 5) is 24.5. The van der Waals surface area contributed by atoms with Gasteiger partial charge in [0.05, 0.1) is 0 Å². The van der Waals surface area contributed by atoms with E-state index in [1.54, 1.807) is 0 Å². The molecular weight excluding hydrogens is 268 g/mol. The minimum Gasteiger partial charge on any atom is -0.481 e. The SMILES string of the molecule is O=C(O)CCC1CCN(C(=O)NCCC2CCCC2)CC1. The summed E-state index contributed by atoms with van der Waals surface area (Å²) >= 11 is 0. The molecule has 21 heavy (non-hydrogen) atoms. The van der Waals surface area contributed by atoms with Crippen LogP contribution in [0, 0.1) is 11.8 Å². The lowest BCUT2D eigenvalue weighted by Crippen LogP contribution is -2.44. The average molecular weight is 296 g/mol. The minimum absolute atomic E-state index is 0.0599. The van der Waals surface area contributed by atoms with Gasteiger partial charge in [0.15, 0.2) is 0 Å². The van der Waals surface area contributed by atoms with Crippen molar-refractivity contribution in [3.63, 3.8) is 0 Å². The van der Waals surface area contributed by atoms with Gasteiger partial charge in [0.25, 0.3) is 0 Å². The highest BCUT2D eigenvalue weighted by atomic mass is 16.4. The number of amides is 2. The van der Waals surface area contributed by atoms with Gasteiger partial charge in [-0.1, -0.05) is 25.7 Å². The van der Waals surface area contributed by atoms with Crippen LogP contribution in [-0.4, -0.2) is 41.6 Å². The zero-order valence-corrected chi connectivity index (χ0v) is 12.9. The smallest absolute Gasteiger partial charge is 0.317 e. The predicted molar refractivity (Wildman–Crippen MR) is 81.1 cm³/mol. The van der Waals surface area contributed by atoms with Crippen molar-refractivity contribution in [2.75, 3.05) is 19.6 Å². The van der Waals surface area contributed by atoms with Gasteiger partial charge in [0, 0.05) is 26.1 Å². The second kappa shape index (κ2) is 8.25. The van der Waals surface area contributed by atoms with Crippen LogP contribution in [0.3, 0.4) is 0 Å². The Morgan fingerprint density at radius 1 is 1.00 bits per heavy atom. The minimum atomic E-state index is -0.720. The number of piperidine rings is 1. The first-order valence-corrected chi connectivity index (χ1v) is 8.39. The molecule has 0 bridgehead atoms. The second-order valence-corrected chi connectivity index (χ2v) is 6.53. The fourth-order valence-electron chi connectivity index (χ4n) is 3.55. The van der Waals surface area contributed by atoms with Crippen LogP contribution in [0.15, 0.2) is 0 Å². The molecule has 2 rings (SSSR count). The molecule has 1 saturated heterocycles. The highest BCUT2D eigenvalue weighted by Gasteiger charge is 2.23. The molecule has 1 aliphatic carbocycles. The van der Waals surface area contributed by atoms with E-state index in [0.29, 0.717) is 5.92 Å². The lowest BCUT2D eigenvalue weighted by molar-refractivity contribution is -0.137. The third-order valence-corrected chi connectivity index (χ3v) is 4.97. The van der Waals surface area contributed by atoms with E-state index < -0.39 is 5.97 Å². The molecule has 0 aromatic rings. The zero-order chi connectivity index (χ0) is 15.1. The zero-order valence-electron chi connectivity index (χ0n) is 12.9. The topological polar surface area (TPSA) is 69.6 Å².